The molecule has 0 bridgehead atoms. The van der Waals surface area contributed by atoms with Gasteiger partial charge in [0.15, 0.2) is 0 Å². The quantitative estimate of drug-likeness (QED) is 0.495. The van der Waals surface area contributed by atoms with Gasteiger partial charge in [-0.3, -0.25) is 14.8 Å². The largest absolute Gasteiger partial charge is 0.506 e. The number of carbonyl (C=O) groups is 1. The zero-order chi connectivity index (χ0) is 12.1. The van der Waals surface area contributed by atoms with Crippen molar-refractivity contribution in [3.63, 3.8) is 0 Å². The van der Waals surface area contributed by atoms with Crippen LogP contribution in [0, 0.1) is 0 Å². The third kappa shape index (κ3) is 2.75. The Bertz CT molecular complexity index is 536. The van der Waals surface area contributed by atoms with Gasteiger partial charge in [-0.25, -0.2) is 0 Å². The molecule has 2 rings (SSSR count). The van der Waals surface area contributed by atoms with Crippen molar-refractivity contribution < 1.29 is 9.90 Å². The predicted molar refractivity (Wildman–Crippen MR) is 63.4 cm³/mol. The first-order chi connectivity index (χ1) is 8.27. The van der Waals surface area contributed by atoms with Crippen LogP contribution in [0.2, 0.25) is 0 Å². The lowest BCUT2D eigenvalue weighted by atomic mass is 10.2. The molecular formula is C13H10N2O2. The average Bonchev–Trinajstić information content (AvgIpc) is 2.40. The van der Waals surface area contributed by atoms with Crippen molar-refractivity contribution >= 4 is 11.5 Å². The Balaban J connectivity index is 2.24. The van der Waals surface area contributed by atoms with Crippen molar-refractivity contribution in [2.75, 3.05) is 0 Å². The molecule has 4 nitrogen and oxygen atoms in total. The molecule has 4 heteroatoms. The van der Waals surface area contributed by atoms with Gasteiger partial charge in [0.25, 0.3) is 0 Å². The molecule has 0 unspecified atom stereocenters. The molecule has 1 N–H and O–H groups in total. The van der Waals surface area contributed by atoms with E-state index in [9.17, 15) is 9.90 Å². The number of hydrogen-bond acceptors (Lipinski definition) is 4. The Morgan fingerprint density at radius 2 is 1.59 bits per heavy atom. The van der Waals surface area contributed by atoms with E-state index in [-0.39, 0.29) is 17.2 Å². The first-order valence-electron chi connectivity index (χ1n) is 5.05. The van der Waals surface area contributed by atoms with Crippen LogP contribution in [0.3, 0.4) is 0 Å². The molecule has 0 aliphatic heterocycles. The highest BCUT2D eigenvalue weighted by atomic mass is 16.3. The first-order valence-corrected chi connectivity index (χ1v) is 5.05. The van der Waals surface area contributed by atoms with Crippen molar-refractivity contribution in [1.82, 2.24) is 9.97 Å². The molecule has 0 radical (unpaired) electrons. The summed E-state index contributed by atoms with van der Waals surface area (Å²) in [5, 5.41) is 9.70. The maximum atomic E-state index is 11.7. The number of hydrogen-bond donors (Lipinski definition) is 1. The number of allylic oxidation sites excluding steroid dienone is 1. The van der Waals surface area contributed by atoms with Gasteiger partial charge in [-0.05, 0) is 24.3 Å². The second-order valence-electron chi connectivity index (χ2n) is 3.32. The summed E-state index contributed by atoms with van der Waals surface area (Å²) in [6.45, 7) is 0. The van der Waals surface area contributed by atoms with E-state index >= 15 is 0 Å². The summed E-state index contributed by atoms with van der Waals surface area (Å²) in [6, 6.07) is 10.1. The van der Waals surface area contributed by atoms with E-state index in [0.29, 0.717) is 5.69 Å². The van der Waals surface area contributed by atoms with Crippen molar-refractivity contribution in [3.8, 4) is 0 Å². The smallest absolute Gasteiger partial charge is 0.207 e. The highest BCUT2D eigenvalue weighted by molar-refractivity contribution is 6.06. The Kier molecular flexibility index (Phi) is 3.25. The van der Waals surface area contributed by atoms with Crippen LogP contribution in [0.1, 0.15) is 16.2 Å². The topological polar surface area (TPSA) is 63.1 Å². The maximum Gasteiger partial charge on any atom is 0.207 e. The van der Waals surface area contributed by atoms with Crippen LogP contribution in [0.25, 0.3) is 5.76 Å². The van der Waals surface area contributed by atoms with Gasteiger partial charge < -0.3 is 5.11 Å². The van der Waals surface area contributed by atoms with E-state index in [0.717, 1.165) is 6.08 Å². The van der Waals surface area contributed by atoms with Crippen molar-refractivity contribution in [3.05, 3.63) is 66.3 Å². The molecule has 0 fully saturated rings. The summed E-state index contributed by atoms with van der Waals surface area (Å²) in [4.78, 5) is 19.5. The third-order valence-corrected chi connectivity index (χ3v) is 2.11. The predicted octanol–water partition coefficient (Wildman–Crippen LogP) is 2.26. The minimum Gasteiger partial charge on any atom is -0.506 e. The fourth-order valence-corrected chi connectivity index (χ4v) is 1.29. The Hall–Kier alpha value is -2.49. The molecule has 0 saturated heterocycles. The lowest BCUT2D eigenvalue weighted by Crippen LogP contribution is -1.99. The van der Waals surface area contributed by atoms with Crippen LogP contribution in [0.5, 0.6) is 0 Å². The average molecular weight is 226 g/mol. The maximum absolute atomic E-state index is 11.7. The molecule has 0 saturated carbocycles. The van der Waals surface area contributed by atoms with Crippen molar-refractivity contribution in [2.24, 2.45) is 0 Å². The number of aliphatic hydroxyl groups excluding tert-OH is 1. The van der Waals surface area contributed by atoms with E-state index in [4.69, 9.17) is 0 Å². The van der Waals surface area contributed by atoms with Gasteiger partial charge in [-0.2, -0.15) is 0 Å². The summed E-state index contributed by atoms with van der Waals surface area (Å²) in [5.41, 5.74) is 0.645. The summed E-state index contributed by atoms with van der Waals surface area (Å²) in [5.74, 6) is -0.519. The van der Waals surface area contributed by atoms with Gasteiger partial charge in [0.1, 0.15) is 17.1 Å². The van der Waals surface area contributed by atoms with Crippen molar-refractivity contribution in [1.29, 1.82) is 0 Å². The van der Waals surface area contributed by atoms with Gasteiger partial charge in [-0.1, -0.05) is 12.1 Å². The standard InChI is InChI=1S/C13H10N2O2/c16-12(10-5-1-3-7-14-10)9-13(17)11-6-2-4-8-15-11/h1-9,16H. The van der Waals surface area contributed by atoms with Crippen LogP contribution >= 0.6 is 0 Å². The molecule has 2 heterocycles. The van der Waals surface area contributed by atoms with E-state index in [1.807, 2.05) is 0 Å². The number of aromatic nitrogens is 2. The van der Waals surface area contributed by atoms with Crippen LogP contribution in [0.4, 0.5) is 0 Å². The van der Waals surface area contributed by atoms with Crippen molar-refractivity contribution in [2.45, 2.75) is 0 Å². The van der Waals surface area contributed by atoms with Gasteiger partial charge >= 0.3 is 0 Å². The van der Waals surface area contributed by atoms with Gasteiger partial charge in [0.2, 0.25) is 5.78 Å². The van der Waals surface area contributed by atoms with Crippen LogP contribution in [-0.2, 0) is 0 Å². The fraction of sp³-hybridized carbons (Fsp3) is 0. The number of rotatable bonds is 3. The number of carbonyl (C=O) groups excluding carboxylic acids is 1. The Morgan fingerprint density at radius 1 is 1.00 bits per heavy atom. The van der Waals surface area contributed by atoms with Gasteiger partial charge in [0, 0.05) is 18.5 Å². The third-order valence-electron chi connectivity index (χ3n) is 2.11. The van der Waals surface area contributed by atoms with E-state index in [1.165, 1.54) is 6.20 Å². The van der Waals surface area contributed by atoms with Crippen LogP contribution in [-0.4, -0.2) is 20.9 Å². The molecule has 2 aromatic rings. The molecule has 0 aliphatic carbocycles. The highest BCUT2D eigenvalue weighted by Gasteiger charge is 2.06. The molecule has 84 valence electrons. The van der Waals surface area contributed by atoms with Gasteiger partial charge in [0.05, 0.1) is 0 Å². The number of ketones is 1. The summed E-state index contributed by atoms with van der Waals surface area (Å²) in [6.07, 6.45) is 4.19. The molecule has 0 spiro atoms. The number of nitrogens with zero attached hydrogens (tertiary/aromatic N) is 2. The van der Waals surface area contributed by atoms with E-state index < -0.39 is 0 Å². The molecule has 0 aliphatic rings. The molecule has 17 heavy (non-hydrogen) atoms. The monoisotopic (exact) mass is 226 g/mol. The van der Waals surface area contributed by atoms with Crippen LogP contribution < -0.4 is 0 Å². The zero-order valence-electron chi connectivity index (χ0n) is 8.95. The number of aliphatic hydroxyl groups is 1. The summed E-state index contributed by atoms with van der Waals surface area (Å²) >= 11 is 0. The Morgan fingerprint density at radius 3 is 2.12 bits per heavy atom. The van der Waals surface area contributed by atoms with Crippen LogP contribution in [0.15, 0.2) is 54.9 Å². The van der Waals surface area contributed by atoms with Gasteiger partial charge in [-0.15, -0.1) is 0 Å². The first kappa shape index (κ1) is 11.0. The summed E-state index contributed by atoms with van der Waals surface area (Å²) < 4.78 is 0. The SMILES string of the molecule is O=C(C=C(O)c1ccccn1)c1ccccn1. The minimum absolute atomic E-state index is 0.166. The lowest BCUT2D eigenvalue weighted by molar-refractivity contribution is 0.104. The second-order valence-corrected chi connectivity index (χ2v) is 3.32. The normalized spacial score (nSPS) is 11.2. The molecule has 0 atom stereocenters. The van der Waals surface area contributed by atoms with E-state index in [2.05, 4.69) is 9.97 Å². The second kappa shape index (κ2) is 5.03. The molecule has 0 aromatic carbocycles. The molecular weight excluding hydrogens is 216 g/mol. The summed E-state index contributed by atoms with van der Waals surface area (Å²) in [7, 11) is 0. The Labute approximate surface area is 98.3 Å². The number of pyridine rings is 2. The minimum atomic E-state index is -0.353. The highest BCUT2D eigenvalue weighted by Crippen LogP contribution is 2.08. The van der Waals surface area contributed by atoms with E-state index in [1.54, 1.807) is 42.6 Å². The lowest BCUT2D eigenvalue weighted by Gasteiger charge is -1.98. The molecule has 2 aromatic heterocycles. The fourth-order valence-electron chi connectivity index (χ4n) is 1.29. The zero-order valence-corrected chi connectivity index (χ0v) is 8.95. The molecule has 0 amide bonds.